The third-order valence-corrected chi connectivity index (χ3v) is 1.69. The van der Waals surface area contributed by atoms with Crippen LogP contribution in [0.1, 0.15) is 26.7 Å². The minimum Gasteiger partial charge on any atom is -0.499 e. The number of aliphatic carboxylic acids is 1. The van der Waals surface area contributed by atoms with Crippen LogP contribution in [-0.2, 0) is 9.53 Å². The van der Waals surface area contributed by atoms with Gasteiger partial charge in [0.05, 0.1) is 12.4 Å². The van der Waals surface area contributed by atoms with Gasteiger partial charge >= 0.3 is 5.97 Å². The molecule has 0 aromatic carbocycles. The van der Waals surface area contributed by atoms with Crippen LogP contribution in [0.25, 0.3) is 0 Å². The molecule has 1 unspecified atom stereocenters. The molecule has 0 bridgehead atoms. The summed E-state index contributed by atoms with van der Waals surface area (Å²) >= 11 is 0. The van der Waals surface area contributed by atoms with Gasteiger partial charge in [-0.25, -0.2) is 4.79 Å². The molecule has 0 amide bonds. The van der Waals surface area contributed by atoms with Gasteiger partial charge in [0.15, 0.2) is 0 Å². The first-order chi connectivity index (χ1) is 6.07. The number of carboxylic acids is 1. The zero-order valence-electron chi connectivity index (χ0n) is 8.12. The molecule has 0 spiro atoms. The van der Waals surface area contributed by atoms with Crippen LogP contribution in [0.5, 0.6) is 0 Å². The van der Waals surface area contributed by atoms with Crippen LogP contribution in [0.15, 0.2) is 24.5 Å². The predicted octanol–water partition coefficient (Wildman–Crippen LogP) is 2.35. The van der Waals surface area contributed by atoms with Crippen molar-refractivity contribution in [3.8, 4) is 0 Å². The van der Waals surface area contributed by atoms with Crippen molar-refractivity contribution in [2.75, 3.05) is 0 Å². The highest BCUT2D eigenvalue weighted by Gasteiger charge is 2.01. The van der Waals surface area contributed by atoms with Crippen LogP contribution >= 0.6 is 0 Å². The SMILES string of the molecule is C=COC(C)CCC=C(C)C(=O)O. The van der Waals surface area contributed by atoms with Crippen molar-refractivity contribution in [1.82, 2.24) is 0 Å². The summed E-state index contributed by atoms with van der Waals surface area (Å²) in [7, 11) is 0. The number of carbonyl (C=O) groups is 1. The van der Waals surface area contributed by atoms with Crippen LogP contribution < -0.4 is 0 Å². The van der Waals surface area contributed by atoms with Crippen molar-refractivity contribution in [1.29, 1.82) is 0 Å². The van der Waals surface area contributed by atoms with E-state index in [-0.39, 0.29) is 6.10 Å². The molecule has 0 fully saturated rings. The normalized spacial score (nSPS) is 13.5. The van der Waals surface area contributed by atoms with Gasteiger partial charge in [-0.05, 0) is 26.7 Å². The second-order valence-electron chi connectivity index (χ2n) is 2.88. The van der Waals surface area contributed by atoms with E-state index in [9.17, 15) is 4.79 Å². The van der Waals surface area contributed by atoms with Gasteiger partial charge in [0.25, 0.3) is 0 Å². The highest BCUT2D eigenvalue weighted by molar-refractivity contribution is 5.85. The van der Waals surface area contributed by atoms with E-state index in [1.54, 1.807) is 13.0 Å². The predicted molar refractivity (Wildman–Crippen MR) is 51.4 cm³/mol. The third-order valence-electron chi connectivity index (χ3n) is 1.69. The standard InChI is InChI=1S/C10H16O3/c1-4-13-9(3)7-5-6-8(2)10(11)12/h4,6,9H,1,5,7H2,2-3H3,(H,11,12). The Morgan fingerprint density at radius 1 is 1.69 bits per heavy atom. The van der Waals surface area contributed by atoms with E-state index in [1.807, 2.05) is 6.92 Å². The first-order valence-electron chi connectivity index (χ1n) is 4.24. The molecule has 1 atom stereocenters. The van der Waals surface area contributed by atoms with Crippen LogP contribution in [0, 0.1) is 0 Å². The Bertz CT molecular complexity index is 206. The summed E-state index contributed by atoms with van der Waals surface area (Å²) in [6, 6.07) is 0. The summed E-state index contributed by atoms with van der Waals surface area (Å²) in [5, 5.41) is 8.53. The number of allylic oxidation sites excluding steroid dienone is 1. The van der Waals surface area contributed by atoms with Crippen LogP contribution in [-0.4, -0.2) is 17.2 Å². The number of carboxylic acid groups (broad SMARTS) is 1. The molecule has 74 valence electrons. The lowest BCUT2D eigenvalue weighted by molar-refractivity contribution is -0.132. The zero-order chi connectivity index (χ0) is 10.3. The topological polar surface area (TPSA) is 46.5 Å². The number of rotatable bonds is 6. The molecule has 0 aromatic rings. The van der Waals surface area contributed by atoms with Crippen molar-refractivity contribution in [3.63, 3.8) is 0 Å². The average molecular weight is 184 g/mol. The van der Waals surface area contributed by atoms with Crippen molar-refractivity contribution in [2.45, 2.75) is 32.8 Å². The van der Waals surface area contributed by atoms with Gasteiger partial charge in [0, 0.05) is 5.57 Å². The van der Waals surface area contributed by atoms with E-state index >= 15 is 0 Å². The molecule has 3 nitrogen and oxygen atoms in total. The molecule has 0 aliphatic rings. The Kier molecular flexibility index (Phi) is 5.68. The molecule has 0 saturated carbocycles. The number of ether oxygens (including phenoxy) is 1. The molecule has 3 heteroatoms. The average Bonchev–Trinajstić information content (AvgIpc) is 2.04. The molecule has 0 heterocycles. The Hall–Kier alpha value is -1.25. The van der Waals surface area contributed by atoms with Gasteiger partial charge in [-0.1, -0.05) is 12.7 Å². The maximum absolute atomic E-state index is 10.4. The molecule has 13 heavy (non-hydrogen) atoms. The zero-order valence-corrected chi connectivity index (χ0v) is 8.12. The highest BCUT2D eigenvalue weighted by atomic mass is 16.5. The van der Waals surface area contributed by atoms with Crippen LogP contribution in [0.4, 0.5) is 0 Å². The fraction of sp³-hybridized carbons (Fsp3) is 0.500. The van der Waals surface area contributed by atoms with Crippen LogP contribution in [0.3, 0.4) is 0 Å². The van der Waals surface area contributed by atoms with Gasteiger partial charge in [-0.15, -0.1) is 0 Å². The fourth-order valence-corrected chi connectivity index (χ4v) is 0.854. The number of hydrogen-bond donors (Lipinski definition) is 1. The van der Waals surface area contributed by atoms with Crippen molar-refractivity contribution >= 4 is 5.97 Å². The molecule has 0 saturated heterocycles. The summed E-state index contributed by atoms with van der Waals surface area (Å²) in [6.45, 7) is 6.95. The minimum atomic E-state index is -0.864. The summed E-state index contributed by atoms with van der Waals surface area (Å²) in [5.41, 5.74) is 0.380. The Morgan fingerprint density at radius 2 is 2.31 bits per heavy atom. The Balaban J connectivity index is 3.71. The second-order valence-corrected chi connectivity index (χ2v) is 2.88. The maximum Gasteiger partial charge on any atom is 0.330 e. The minimum absolute atomic E-state index is 0.0929. The molecular formula is C10H16O3. The van der Waals surface area contributed by atoms with Gasteiger partial charge in [0.1, 0.15) is 0 Å². The first-order valence-corrected chi connectivity index (χ1v) is 4.24. The van der Waals surface area contributed by atoms with Crippen molar-refractivity contribution in [2.24, 2.45) is 0 Å². The van der Waals surface area contributed by atoms with E-state index in [2.05, 4.69) is 6.58 Å². The van der Waals surface area contributed by atoms with Gasteiger partial charge < -0.3 is 9.84 Å². The van der Waals surface area contributed by atoms with Gasteiger partial charge in [-0.3, -0.25) is 0 Å². The lowest BCUT2D eigenvalue weighted by Gasteiger charge is -2.08. The highest BCUT2D eigenvalue weighted by Crippen LogP contribution is 2.04. The quantitative estimate of drug-likeness (QED) is 0.509. The fourth-order valence-electron chi connectivity index (χ4n) is 0.854. The largest absolute Gasteiger partial charge is 0.499 e. The monoisotopic (exact) mass is 184 g/mol. The van der Waals surface area contributed by atoms with E-state index < -0.39 is 5.97 Å². The van der Waals surface area contributed by atoms with E-state index in [1.165, 1.54) is 6.26 Å². The first kappa shape index (κ1) is 11.8. The Morgan fingerprint density at radius 3 is 2.77 bits per heavy atom. The summed E-state index contributed by atoms with van der Waals surface area (Å²) in [4.78, 5) is 10.4. The Labute approximate surface area is 78.7 Å². The molecule has 0 rings (SSSR count). The molecule has 0 radical (unpaired) electrons. The summed E-state index contributed by atoms with van der Waals surface area (Å²) < 4.78 is 5.07. The van der Waals surface area contributed by atoms with Gasteiger partial charge in [-0.2, -0.15) is 0 Å². The molecule has 0 aromatic heterocycles. The second kappa shape index (κ2) is 6.29. The third kappa shape index (κ3) is 5.96. The summed E-state index contributed by atoms with van der Waals surface area (Å²) in [5.74, 6) is -0.864. The van der Waals surface area contributed by atoms with Crippen molar-refractivity contribution in [3.05, 3.63) is 24.5 Å². The van der Waals surface area contributed by atoms with E-state index in [0.29, 0.717) is 12.0 Å². The molecule has 1 N–H and O–H groups in total. The lowest BCUT2D eigenvalue weighted by Crippen LogP contribution is -2.03. The molecular weight excluding hydrogens is 168 g/mol. The van der Waals surface area contributed by atoms with Crippen LogP contribution in [0.2, 0.25) is 0 Å². The van der Waals surface area contributed by atoms with Gasteiger partial charge in [0.2, 0.25) is 0 Å². The lowest BCUT2D eigenvalue weighted by atomic mass is 10.1. The molecule has 0 aliphatic carbocycles. The summed E-state index contributed by atoms with van der Waals surface area (Å²) in [6.07, 6.45) is 4.71. The maximum atomic E-state index is 10.4. The van der Waals surface area contributed by atoms with Crippen molar-refractivity contribution < 1.29 is 14.6 Å². The molecule has 0 aliphatic heterocycles. The smallest absolute Gasteiger partial charge is 0.330 e. The van der Waals surface area contributed by atoms with E-state index in [0.717, 1.165) is 6.42 Å². The van der Waals surface area contributed by atoms with E-state index in [4.69, 9.17) is 9.84 Å². The number of hydrogen-bond acceptors (Lipinski definition) is 2.